The zero-order chi connectivity index (χ0) is 24.0. The summed E-state index contributed by atoms with van der Waals surface area (Å²) >= 11 is 0. The van der Waals surface area contributed by atoms with Crippen LogP contribution < -0.4 is 10.2 Å². The Hall–Kier alpha value is -4.72. The van der Waals surface area contributed by atoms with Gasteiger partial charge >= 0.3 is 0 Å². The van der Waals surface area contributed by atoms with Crippen LogP contribution in [0.3, 0.4) is 0 Å². The van der Waals surface area contributed by atoms with E-state index in [2.05, 4.69) is 15.6 Å². The fourth-order valence-electron chi connectivity index (χ4n) is 4.00. The second kappa shape index (κ2) is 10.0. The molecule has 1 atom stereocenters. The van der Waals surface area contributed by atoms with Crippen molar-refractivity contribution in [3.8, 4) is 0 Å². The van der Waals surface area contributed by atoms with Crippen LogP contribution in [0.25, 0.3) is 11.0 Å². The summed E-state index contributed by atoms with van der Waals surface area (Å²) < 4.78 is 6.91. The lowest BCUT2D eigenvalue weighted by molar-refractivity contribution is -0.127. The number of amides is 2. The molecular weight excluding hydrogens is 442 g/mol. The van der Waals surface area contributed by atoms with Crippen molar-refractivity contribution >= 4 is 28.5 Å². The molecule has 0 spiro atoms. The minimum atomic E-state index is -0.907. The van der Waals surface area contributed by atoms with Crippen molar-refractivity contribution in [2.75, 3.05) is 4.90 Å². The van der Waals surface area contributed by atoms with Gasteiger partial charge in [0.15, 0.2) is 0 Å². The summed E-state index contributed by atoms with van der Waals surface area (Å²) in [7, 11) is 0. The van der Waals surface area contributed by atoms with Gasteiger partial charge in [0.05, 0.1) is 18.3 Å². The average Bonchev–Trinajstić information content (AvgIpc) is 3.57. The first kappa shape index (κ1) is 22.1. The van der Waals surface area contributed by atoms with Crippen LogP contribution in [0.1, 0.15) is 17.4 Å². The van der Waals surface area contributed by atoms with Crippen molar-refractivity contribution in [3.05, 3.63) is 115 Å². The summed E-state index contributed by atoms with van der Waals surface area (Å²) in [6, 6.07) is 28.5. The molecule has 0 bridgehead atoms. The lowest BCUT2D eigenvalue weighted by Gasteiger charge is -2.31. The van der Waals surface area contributed by atoms with Gasteiger partial charge in [0.1, 0.15) is 23.9 Å². The second-order valence-corrected chi connectivity index (χ2v) is 7.95. The van der Waals surface area contributed by atoms with Crippen LogP contribution in [-0.4, -0.2) is 26.8 Å². The molecule has 174 valence electrons. The first-order valence-corrected chi connectivity index (χ1v) is 11.2. The third-order valence-corrected chi connectivity index (χ3v) is 5.65. The summed E-state index contributed by atoms with van der Waals surface area (Å²) in [6.07, 6.45) is 1.55. The Balaban J connectivity index is 1.52. The Morgan fingerprint density at radius 1 is 0.886 bits per heavy atom. The molecule has 0 radical (unpaired) electrons. The van der Waals surface area contributed by atoms with Crippen molar-refractivity contribution < 1.29 is 14.0 Å². The molecule has 5 rings (SSSR count). The standard InChI is InChI=1S/C27H23N5O3/c33-25(19-31-24-16-8-7-15-23(24)29-30-31)32(21-12-5-2-6-13-21)26(20-10-3-1-4-11-20)27(34)28-18-22-14-9-17-35-22/h1-17,26H,18-19H2,(H,28,34). The van der Waals surface area contributed by atoms with Gasteiger partial charge < -0.3 is 9.73 Å². The summed E-state index contributed by atoms with van der Waals surface area (Å²) in [5.74, 6) is -0.000981. The highest BCUT2D eigenvalue weighted by atomic mass is 16.3. The number of fused-ring (bicyclic) bond motifs is 1. The number of anilines is 1. The van der Waals surface area contributed by atoms with E-state index in [1.54, 1.807) is 23.1 Å². The Bertz CT molecular complexity index is 1420. The number of nitrogens with zero attached hydrogens (tertiary/aromatic N) is 4. The van der Waals surface area contributed by atoms with Crippen LogP contribution in [-0.2, 0) is 22.7 Å². The molecule has 0 saturated heterocycles. The molecule has 3 aromatic carbocycles. The van der Waals surface area contributed by atoms with Gasteiger partial charge in [-0.15, -0.1) is 5.10 Å². The van der Waals surface area contributed by atoms with Gasteiger partial charge in [-0.05, 0) is 42.0 Å². The van der Waals surface area contributed by atoms with Crippen molar-refractivity contribution in [2.24, 2.45) is 0 Å². The molecular formula is C27H23N5O3. The number of hydrogen-bond donors (Lipinski definition) is 1. The highest BCUT2D eigenvalue weighted by molar-refractivity contribution is 6.01. The Morgan fingerprint density at radius 2 is 1.60 bits per heavy atom. The van der Waals surface area contributed by atoms with Gasteiger partial charge in [-0.2, -0.15) is 0 Å². The highest BCUT2D eigenvalue weighted by Crippen LogP contribution is 2.28. The summed E-state index contributed by atoms with van der Waals surface area (Å²) in [5.41, 5.74) is 2.73. The van der Waals surface area contributed by atoms with E-state index in [1.807, 2.05) is 84.9 Å². The number of carbonyl (C=O) groups excluding carboxylic acids is 2. The number of nitrogens with one attached hydrogen (secondary N) is 1. The van der Waals surface area contributed by atoms with Gasteiger partial charge in [-0.25, -0.2) is 4.68 Å². The van der Waals surface area contributed by atoms with Crippen LogP contribution >= 0.6 is 0 Å². The number of carbonyl (C=O) groups is 2. The summed E-state index contributed by atoms with van der Waals surface area (Å²) in [6.45, 7) is 0.129. The molecule has 8 nitrogen and oxygen atoms in total. The molecule has 35 heavy (non-hydrogen) atoms. The molecule has 2 aromatic heterocycles. The molecule has 0 aliphatic rings. The van der Waals surface area contributed by atoms with Crippen molar-refractivity contribution in [1.29, 1.82) is 0 Å². The maximum Gasteiger partial charge on any atom is 0.249 e. The molecule has 0 aliphatic carbocycles. The normalized spacial score (nSPS) is 11.8. The molecule has 2 amide bonds. The Labute approximate surface area is 201 Å². The predicted molar refractivity (Wildman–Crippen MR) is 131 cm³/mol. The zero-order valence-corrected chi connectivity index (χ0v) is 18.8. The monoisotopic (exact) mass is 465 g/mol. The first-order valence-electron chi connectivity index (χ1n) is 11.2. The SMILES string of the molecule is O=C(NCc1ccco1)C(c1ccccc1)N(C(=O)Cn1nnc2ccccc21)c1ccccc1. The minimum Gasteiger partial charge on any atom is -0.467 e. The molecule has 0 aliphatic heterocycles. The number of benzene rings is 3. The van der Waals surface area contributed by atoms with Gasteiger partial charge in [-0.3, -0.25) is 14.5 Å². The van der Waals surface area contributed by atoms with E-state index < -0.39 is 6.04 Å². The first-order chi connectivity index (χ1) is 17.2. The summed E-state index contributed by atoms with van der Waals surface area (Å²) in [5, 5.41) is 11.2. The van der Waals surface area contributed by atoms with Gasteiger partial charge in [-0.1, -0.05) is 65.9 Å². The molecule has 1 N–H and O–H groups in total. The molecule has 1 unspecified atom stereocenters. The fraction of sp³-hybridized carbons (Fsp3) is 0.111. The lowest BCUT2D eigenvalue weighted by atomic mass is 10.0. The quantitative estimate of drug-likeness (QED) is 0.372. The van der Waals surface area contributed by atoms with Crippen LogP contribution in [0.2, 0.25) is 0 Å². The number of aromatic nitrogens is 3. The minimum absolute atomic E-state index is 0.0792. The largest absolute Gasteiger partial charge is 0.467 e. The maximum atomic E-state index is 13.8. The van der Waals surface area contributed by atoms with E-state index in [0.717, 1.165) is 5.52 Å². The summed E-state index contributed by atoms with van der Waals surface area (Å²) in [4.78, 5) is 29.0. The molecule has 8 heteroatoms. The molecule has 5 aromatic rings. The van der Waals surface area contributed by atoms with Crippen LogP contribution in [0.4, 0.5) is 5.69 Å². The Kier molecular flexibility index (Phi) is 6.34. The van der Waals surface area contributed by atoms with Gasteiger partial charge in [0, 0.05) is 5.69 Å². The smallest absolute Gasteiger partial charge is 0.249 e. The van der Waals surface area contributed by atoms with E-state index in [1.165, 1.54) is 4.90 Å². The topological polar surface area (TPSA) is 93.3 Å². The van der Waals surface area contributed by atoms with E-state index in [0.29, 0.717) is 22.5 Å². The lowest BCUT2D eigenvalue weighted by Crippen LogP contribution is -2.45. The maximum absolute atomic E-state index is 13.8. The van der Waals surface area contributed by atoms with Crippen molar-refractivity contribution in [2.45, 2.75) is 19.1 Å². The van der Waals surface area contributed by atoms with Gasteiger partial charge in [0.25, 0.3) is 0 Å². The molecule has 2 heterocycles. The van der Waals surface area contributed by atoms with Crippen LogP contribution in [0.15, 0.2) is 108 Å². The van der Waals surface area contributed by atoms with Crippen LogP contribution in [0.5, 0.6) is 0 Å². The Morgan fingerprint density at radius 3 is 2.34 bits per heavy atom. The molecule has 0 saturated carbocycles. The number of para-hydroxylation sites is 2. The molecule has 0 fully saturated rings. The van der Waals surface area contributed by atoms with E-state index in [9.17, 15) is 9.59 Å². The number of hydrogen-bond acceptors (Lipinski definition) is 5. The van der Waals surface area contributed by atoms with E-state index in [-0.39, 0.29) is 24.9 Å². The third-order valence-electron chi connectivity index (χ3n) is 5.65. The van der Waals surface area contributed by atoms with E-state index >= 15 is 0 Å². The predicted octanol–water partition coefficient (Wildman–Crippen LogP) is 4.12. The van der Waals surface area contributed by atoms with E-state index in [4.69, 9.17) is 4.42 Å². The zero-order valence-electron chi connectivity index (χ0n) is 18.8. The fourth-order valence-corrected chi connectivity index (χ4v) is 4.00. The number of rotatable bonds is 8. The van der Waals surface area contributed by atoms with Crippen molar-refractivity contribution in [1.82, 2.24) is 20.3 Å². The third kappa shape index (κ3) is 4.81. The van der Waals surface area contributed by atoms with Crippen molar-refractivity contribution in [3.63, 3.8) is 0 Å². The number of furan rings is 1. The van der Waals surface area contributed by atoms with Crippen LogP contribution in [0, 0.1) is 0 Å². The highest BCUT2D eigenvalue weighted by Gasteiger charge is 2.33. The second-order valence-electron chi connectivity index (χ2n) is 7.95. The average molecular weight is 466 g/mol. The van der Waals surface area contributed by atoms with Gasteiger partial charge in [0.2, 0.25) is 11.8 Å².